The highest BCUT2D eigenvalue weighted by Gasteiger charge is 2.50. The Hall–Kier alpha value is -4.88. The largest absolute Gasteiger partial charge is 0.455 e. The van der Waals surface area contributed by atoms with Gasteiger partial charge in [0.15, 0.2) is 0 Å². The zero-order valence-electron chi connectivity index (χ0n) is 20.6. The molecule has 2 aliphatic rings. The monoisotopic (exact) mass is 482 g/mol. The Morgan fingerprint density at radius 3 is 1.53 bits per heavy atom. The van der Waals surface area contributed by atoms with Crippen molar-refractivity contribution >= 4 is 21.9 Å². The van der Waals surface area contributed by atoms with Gasteiger partial charge in [-0.05, 0) is 56.1 Å². The molecule has 1 spiro atoms. The lowest BCUT2D eigenvalue weighted by Crippen LogP contribution is -2.29. The molecule has 1 heterocycles. The van der Waals surface area contributed by atoms with Crippen molar-refractivity contribution in [3.05, 3.63) is 156 Å². The maximum Gasteiger partial charge on any atom is 0.143 e. The van der Waals surface area contributed by atoms with E-state index >= 15 is 0 Å². The minimum Gasteiger partial charge on any atom is -0.455 e. The SMILES string of the molecule is c1ccc2c(c1)-c1ccccc1C1(c3ccccc3-2)c2ccccc2-c2c1ccc1c2oc2ccccc21. The highest BCUT2D eigenvalue weighted by molar-refractivity contribution is 6.13. The van der Waals surface area contributed by atoms with Crippen LogP contribution in [0.3, 0.4) is 0 Å². The summed E-state index contributed by atoms with van der Waals surface area (Å²) in [6.45, 7) is 0. The molecule has 1 heteroatoms. The van der Waals surface area contributed by atoms with Crippen LogP contribution in [0, 0.1) is 0 Å². The van der Waals surface area contributed by atoms with E-state index in [1.165, 1.54) is 61.0 Å². The van der Waals surface area contributed by atoms with Crippen LogP contribution in [0.1, 0.15) is 22.3 Å². The quantitative estimate of drug-likeness (QED) is 0.210. The highest BCUT2D eigenvalue weighted by Crippen LogP contribution is 2.62. The average molecular weight is 483 g/mol. The van der Waals surface area contributed by atoms with Gasteiger partial charge in [-0.15, -0.1) is 0 Å². The minimum atomic E-state index is -0.467. The van der Waals surface area contributed by atoms with Crippen molar-refractivity contribution in [1.82, 2.24) is 0 Å². The number of fused-ring (bicyclic) bond motifs is 16. The Bertz CT molecular complexity index is 2020. The second-order valence-electron chi connectivity index (χ2n) is 10.4. The second-order valence-corrected chi connectivity index (χ2v) is 10.4. The first-order valence-electron chi connectivity index (χ1n) is 13.2. The number of hydrogen-bond acceptors (Lipinski definition) is 1. The minimum absolute atomic E-state index is 0.467. The predicted octanol–water partition coefficient (Wildman–Crippen LogP) is 9.60. The van der Waals surface area contributed by atoms with Crippen LogP contribution in [0.15, 0.2) is 138 Å². The average Bonchev–Trinajstić information content (AvgIpc) is 3.48. The molecule has 0 atom stereocenters. The molecule has 0 saturated carbocycles. The van der Waals surface area contributed by atoms with E-state index in [2.05, 4.69) is 133 Å². The van der Waals surface area contributed by atoms with Crippen molar-refractivity contribution in [2.24, 2.45) is 0 Å². The molecule has 0 unspecified atom stereocenters. The fourth-order valence-corrected chi connectivity index (χ4v) is 7.31. The van der Waals surface area contributed by atoms with Crippen molar-refractivity contribution in [2.45, 2.75) is 5.41 Å². The van der Waals surface area contributed by atoms with Gasteiger partial charge in [0.1, 0.15) is 11.2 Å². The van der Waals surface area contributed by atoms with Crippen LogP contribution in [-0.2, 0) is 5.41 Å². The van der Waals surface area contributed by atoms with E-state index in [1.54, 1.807) is 0 Å². The van der Waals surface area contributed by atoms with Crippen LogP contribution < -0.4 is 0 Å². The van der Waals surface area contributed by atoms with Crippen LogP contribution in [0.2, 0.25) is 0 Å². The van der Waals surface area contributed by atoms with E-state index in [0.717, 1.165) is 16.6 Å². The number of rotatable bonds is 0. The van der Waals surface area contributed by atoms with Gasteiger partial charge in [-0.3, -0.25) is 0 Å². The molecule has 0 fully saturated rings. The number of benzene rings is 6. The lowest BCUT2D eigenvalue weighted by Gasteiger charge is -2.35. The van der Waals surface area contributed by atoms with Crippen LogP contribution in [0.25, 0.3) is 55.3 Å². The van der Waals surface area contributed by atoms with E-state index in [9.17, 15) is 0 Å². The van der Waals surface area contributed by atoms with E-state index in [0.29, 0.717) is 0 Å². The zero-order valence-corrected chi connectivity index (χ0v) is 20.6. The summed E-state index contributed by atoms with van der Waals surface area (Å²) in [5, 5.41) is 2.34. The van der Waals surface area contributed by atoms with Gasteiger partial charge in [0, 0.05) is 16.3 Å². The van der Waals surface area contributed by atoms with E-state index in [-0.39, 0.29) is 0 Å². The van der Waals surface area contributed by atoms with Crippen molar-refractivity contribution < 1.29 is 4.42 Å². The molecule has 1 nitrogen and oxygen atoms in total. The third kappa shape index (κ3) is 2.29. The van der Waals surface area contributed by atoms with Crippen molar-refractivity contribution in [3.63, 3.8) is 0 Å². The lowest BCUT2D eigenvalue weighted by molar-refractivity contribution is 0.669. The summed E-state index contributed by atoms with van der Waals surface area (Å²) in [4.78, 5) is 0. The smallest absolute Gasteiger partial charge is 0.143 e. The van der Waals surface area contributed by atoms with Gasteiger partial charge < -0.3 is 4.42 Å². The summed E-state index contributed by atoms with van der Waals surface area (Å²) in [5.74, 6) is 0. The molecule has 6 aromatic carbocycles. The normalized spacial score (nSPS) is 14.0. The molecule has 1 aromatic heterocycles. The van der Waals surface area contributed by atoms with Crippen molar-refractivity contribution in [1.29, 1.82) is 0 Å². The summed E-state index contributed by atoms with van der Waals surface area (Å²) in [6, 6.07) is 48.8. The van der Waals surface area contributed by atoms with Crippen LogP contribution in [-0.4, -0.2) is 0 Å². The number of furan rings is 1. The molecule has 0 bridgehead atoms. The molecule has 2 aliphatic carbocycles. The van der Waals surface area contributed by atoms with Gasteiger partial charge in [0.2, 0.25) is 0 Å². The first-order valence-corrected chi connectivity index (χ1v) is 13.2. The van der Waals surface area contributed by atoms with Gasteiger partial charge >= 0.3 is 0 Å². The molecular formula is C37H22O. The molecule has 0 radical (unpaired) electrons. The van der Waals surface area contributed by atoms with Crippen molar-refractivity contribution in [3.8, 4) is 33.4 Å². The van der Waals surface area contributed by atoms with Crippen molar-refractivity contribution in [2.75, 3.05) is 0 Å². The summed E-state index contributed by atoms with van der Waals surface area (Å²) in [5.41, 5.74) is 14.3. The Balaban J connectivity index is 1.55. The molecule has 0 N–H and O–H groups in total. The van der Waals surface area contributed by atoms with Gasteiger partial charge in [-0.25, -0.2) is 0 Å². The predicted molar refractivity (Wildman–Crippen MR) is 155 cm³/mol. The zero-order chi connectivity index (χ0) is 24.8. The molecule has 7 aromatic rings. The Morgan fingerprint density at radius 1 is 0.368 bits per heavy atom. The van der Waals surface area contributed by atoms with Crippen LogP contribution in [0.5, 0.6) is 0 Å². The van der Waals surface area contributed by atoms with Gasteiger partial charge in [-0.1, -0.05) is 127 Å². The Kier molecular flexibility index (Phi) is 3.78. The fourth-order valence-electron chi connectivity index (χ4n) is 7.31. The van der Waals surface area contributed by atoms with Gasteiger partial charge in [0.25, 0.3) is 0 Å². The highest BCUT2D eigenvalue weighted by atomic mass is 16.3. The number of para-hydroxylation sites is 1. The first kappa shape index (κ1) is 20.2. The summed E-state index contributed by atoms with van der Waals surface area (Å²) < 4.78 is 6.66. The third-order valence-electron chi connectivity index (χ3n) is 8.72. The topological polar surface area (TPSA) is 13.1 Å². The summed E-state index contributed by atoms with van der Waals surface area (Å²) in [6.07, 6.45) is 0. The van der Waals surface area contributed by atoms with E-state index in [4.69, 9.17) is 4.42 Å². The molecule has 0 aliphatic heterocycles. The fraction of sp³-hybridized carbons (Fsp3) is 0.0270. The van der Waals surface area contributed by atoms with Gasteiger partial charge in [-0.2, -0.15) is 0 Å². The first-order chi connectivity index (χ1) is 18.9. The summed E-state index contributed by atoms with van der Waals surface area (Å²) in [7, 11) is 0. The van der Waals surface area contributed by atoms with Crippen LogP contribution >= 0.6 is 0 Å². The maximum absolute atomic E-state index is 6.66. The van der Waals surface area contributed by atoms with E-state index < -0.39 is 5.41 Å². The second kappa shape index (κ2) is 7.12. The standard InChI is InChI=1S/C37H22O/c1-2-12-24-23(11-1)25-13-3-7-17-30(25)37(31-18-8-4-14-26(24)31)32-19-9-5-16-29(32)35-33(37)22-21-28-27-15-6-10-20-34(27)38-36(28)35/h1-22H. The number of hydrogen-bond donors (Lipinski definition) is 0. The lowest BCUT2D eigenvalue weighted by atomic mass is 9.66. The molecule has 9 rings (SSSR count). The Morgan fingerprint density at radius 2 is 0.868 bits per heavy atom. The molecule has 176 valence electrons. The van der Waals surface area contributed by atoms with Gasteiger partial charge in [0.05, 0.1) is 5.41 Å². The third-order valence-corrected chi connectivity index (χ3v) is 8.72. The molecule has 38 heavy (non-hydrogen) atoms. The molecule has 0 amide bonds. The summed E-state index contributed by atoms with van der Waals surface area (Å²) >= 11 is 0. The Labute approximate surface area is 220 Å². The maximum atomic E-state index is 6.66. The molecule has 0 saturated heterocycles. The molecular weight excluding hydrogens is 460 g/mol. The van der Waals surface area contributed by atoms with E-state index in [1.807, 2.05) is 0 Å². The van der Waals surface area contributed by atoms with Crippen LogP contribution in [0.4, 0.5) is 0 Å².